The number of amides is 4. The average molecular weight is 698 g/mol. The van der Waals surface area contributed by atoms with E-state index < -0.39 is 41.9 Å². The van der Waals surface area contributed by atoms with E-state index in [9.17, 15) is 24.3 Å². The predicted octanol–water partition coefficient (Wildman–Crippen LogP) is 1.80. The number of nitrogens with two attached hydrogens (primary N) is 2. The van der Waals surface area contributed by atoms with Gasteiger partial charge in [-0.3, -0.25) is 19.2 Å². The maximum Gasteiger partial charge on any atom is 0.243 e. The summed E-state index contributed by atoms with van der Waals surface area (Å²) in [5.41, 5.74) is 14.3. The lowest BCUT2D eigenvalue weighted by atomic mass is 10.0. The van der Waals surface area contributed by atoms with Gasteiger partial charge in [0.15, 0.2) is 0 Å². The highest BCUT2D eigenvalue weighted by Gasteiger charge is 2.38. The first-order chi connectivity index (χ1) is 20.6. The number of benzene rings is 3. The van der Waals surface area contributed by atoms with E-state index in [0.717, 1.165) is 20.3 Å². The lowest BCUT2D eigenvalue weighted by molar-refractivity contribution is -0.140. The van der Waals surface area contributed by atoms with Crippen molar-refractivity contribution in [1.29, 1.82) is 0 Å². The van der Waals surface area contributed by atoms with Crippen LogP contribution in [0.3, 0.4) is 0 Å². The minimum absolute atomic E-state index is 0.117. The summed E-state index contributed by atoms with van der Waals surface area (Å²) in [5, 5.41) is 15.1. The number of phenols is 1. The van der Waals surface area contributed by atoms with Crippen LogP contribution in [0.4, 0.5) is 0 Å². The third-order valence-electron chi connectivity index (χ3n) is 7.48. The van der Waals surface area contributed by atoms with Crippen molar-refractivity contribution < 1.29 is 24.3 Å². The Morgan fingerprint density at radius 3 is 2.07 bits per heavy atom. The highest BCUT2D eigenvalue weighted by molar-refractivity contribution is 14.1. The largest absolute Gasteiger partial charge is 0.508 e. The number of aromatic hydroxyl groups is 1. The van der Waals surface area contributed by atoms with Crippen molar-refractivity contribution in [2.45, 2.75) is 56.3 Å². The summed E-state index contributed by atoms with van der Waals surface area (Å²) < 4.78 is 1.02. The summed E-state index contributed by atoms with van der Waals surface area (Å²) in [4.78, 5) is 54.2. The number of carbonyl (C=O) groups excluding carboxylic acids is 4. The Morgan fingerprint density at radius 2 is 1.42 bits per heavy atom. The summed E-state index contributed by atoms with van der Waals surface area (Å²) in [6.07, 6.45) is 1.67. The standard InChI is InChI=1S/C32H36IN5O5/c33-23-12-8-22(9-13-23)19-27(30(41)36-26(29(35)40)18-20-5-2-1-3-6-20)37-31(42)28-7-4-16-38(28)32(43)25(34)17-21-10-14-24(39)15-11-21/h1-3,5-6,8-15,25-28,39H,4,7,16-19,34H2,(H2,35,40)(H,36,41)(H,37,42)/t25-,26-,27-,28-/m0/s1. The molecule has 4 atom stereocenters. The number of carbonyl (C=O) groups is 4. The van der Waals surface area contributed by atoms with Crippen LogP contribution in [-0.4, -0.2) is 64.3 Å². The molecule has 1 saturated heterocycles. The molecule has 3 aromatic carbocycles. The van der Waals surface area contributed by atoms with Gasteiger partial charge in [0.25, 0.3) is 0 Å². The molecule has 226 valence electrons. The summed E-state index contributed by atoms with van der Waals surface area (Å²) in [6.45, 7) is 0.370. The van der Waals surface area contributed by atoms with Gasteiger partial charge in [0.1, 0.15) is 23.9 Å². The first-order valence-corrected chi connectivity index (χ1v) is 15.2. The third-order valence-corrected chi connectivity index (χ3v) is 8.20. The normalized spacial score (nSPS) is 16.6. The van der Waals surface area contributed by atoms with Crippen molar-refractivity contribution >= 4 is 46.2 Å². The van der Waals surface area contributed by atoms with Crippen LogP contribution >= 0.6 is 22.6 Å². The van der Waals surface area contributed by atoms with Crippen molar-refractivity contribution in [3.8, 4) is 5.75 Å². The Bertz CT molecular complexity index is 1420. The number of phenolic OH excluding ortho intramolecular Hbond substituents is 1. The van der Waals surface area contributed by atoms with Crippen molar-refractivity contribution in [2.24, 2.45) is 11.5 Å². The lowest BCUT2D eigenvalue weighted by Crippen LogP contribution is -2.58. The van der Waals surface area contributed by atoms with E-state index in [1.165, 1.54) is 17.0 Å². The quantitative estimate of drug-likeness (QED) is 0.181. The zero-order valence-electron chi connectivity index (χ0n) is 23.6. The van der Waals surface area contributed by atoms with E-state index in [4.69, 9.17) is 11.5 Å². The Morgan fingerprint density at radius 1 is 0.837 bits per heavy atom. The van der Waals surface area contributed by atoms with Gasteiger partial charge in [-0.15, -0.1) is 0 Å². The SMILES string of the molecule is NC(=O)[C@H](Cc1ccccc1)NC(=O)[C@H](Cc1ccc(I)cc1)NC(=O)[C@@H]1CCCN1C(=O)[C@@H](N)Cc1ccc(O)cc1. The molecule has 1 aliphatic heterocycles. The molecule has 1 heterocycles. The van der Waals surface area contributed by atoms with E-state index in [2.05, 4.69) is 33.2 Å². The van der Waals surface area contributed by atoms with Crippen LogP contribution in [0.2, 0.25) is 0 Å². The average Bonchev–Trinajstić information content (AvgIpc) is 3.49. The minimum atomic E-state index is -1.02. The second-order valence-electron chi connectivity index (χ2n) is 10.7. The molecule has 7 N–H and O–H groups in total. The molecular weight excluding hydrogens is 661 g/mol. The van der Waals surface area contributed by atoms with Gasteiger partial charge in [-0.2, -0.15) is 0 Å². The molecule has 1 fully saturated rings. The first-order valence-electron chi connectivity index (χ1n) is 14.1. The number of likely N-dealkylation sites (tertiary alicyclic amines) is 1. The van der Waals surface area contributed by atoms with Crippen molar-refractivity contribution in [2.75, 3.05) is 6.54 Å². The molecule has 4 rings (SSSR count). The summed E-state index contributed by atoms with van der Waals surface area (Å²) in [7, 11) is 0. The molecule has 0 bridgehead atoms. The van der Waals surface area contributed by atoms with Crippen LogP contribution in [0.15, 0.2) is 78.9 Å². The van der Waals surface area contributed by atoms with Crippen LogP contribution in [0.25, 0.3) is 0 Å². The number of hydrogen-bond donors (Lipinski definition) is 5. The van der Waals surface area contributed by atoms with E-state index >= 15 is 0 Å². The van der Waals surface area contributed by atoms with Gasteiger partial charge in [0.2, 0.25) is 23.6 Å². The number of nitrogens with zero attached hydrogens (tertiary/aromatic N) is 1. The zero-order valence-corrected chi connectivity index (χ0v) is 25.8. The van der Waals surface area contributed by atoms with Gasteiger partial charge < -0.3 is 32.1 Å². The monoisotopic (exact) mass is 697 g/mol. The Kier molecular flexibility index (Phi) is 11.1. The fraction of sp³-hybridized carbons (Fsp3) is 0.312. The first kappa shape index (κ1) is 32.0. The molecular formula is C32H36IN5O5. The molecule has 0 spiro atoms. The molecule has 10 nitrogen and oxygen atoms in total. The number of rotatable bonds is 12. The molecule has 0 unspecified atom stereocenters. The molecule has 1 aliphatic rings. The van der Waals surface area contributed by atoms with Crippen LogP contribution in [0.5, 0.6) is 5.75 Å². The number of primary amides is 1. The van der Waals surface area contributed by atoms with Gasteiger partial charge in [0.05, 0.1) is 6.04 Å². The summed E-state index contributed by atoms with van der Waals surface area (Å²) in [5.74, 6) is -1.95. The second kappa shape index (κ2) is 15.0. The van der Waals surface area contributed by atoms with E-state index in [0.29, 0.717) is 19.4 Å². The number of hydrogen-bond acceptors (Lipinski definition) is 6. The third kappa shape index (κ3) is 9.01. The minimum Gasteiger partial charge on any atom is -0.508 e. The molecule has 0 saturated carbocycles. The maximum absolute atomic E-state index is 13.6. The molecule has 0 aliphatic carbocycles. The van der Waals surface area contributed by atoms with Crippen molar-refractivity contribution in [3.63, 3.8) is 0 Å². The molecule has 0 aromatic heterocycles. The fourth-order valence-electron chi connectivity index (χ4n) is 5.17. The topological polar surface area (TPSA) is 168 Å². The highest BCUT2D eigenvalue weighted by atomic mass is 127. The van der Waals surface area contributed by atoms with Crippen LogP contribution in [0, 0.1) is 3.57 Å². The van der Waals surface area contributed by atoms with Crippen molar-refractivity contribution in [3.05, 3.63) is 99.1 Å². The fourth-order valence-corrected chi connectivity index (χ4v) is 5.53. The molecule has 0 radical (unpaired) electrons. The number of halogens is 1. The van der Waals surface area contributed by atoms with Gasteiger partial charge in [-0.1, -0.05) is 54.6 Å². The summed E-state index contributed by atoms with van der Waals surface area (Å²) >= 11 is 2.19. The van der Waals surface area contributed by atoms with Crippen molar-refractivity contribution in [1.82, 2.24) is 15.5 Å². The van der Waals surface area contributed by atoms with E-state index in [-0.39, 0.29) is 30.9 Å². The molecule has 3 aromatic rings. The molecule has 43 heavy (non-hydrogen) atoms. The second-order valence-corrected chi connectivity index (χ2v) is 12.0. The van der Waals surface area contributed by atoms with Gasteiger partial charge >= 0.3 is 0 Å². The number of nitrogens with one attached hydrogen (secondary N) is 2. The zero-order chi connectivity index (χ0) is 30.9. The van der Waals surface area contributed by atoms with Crippen LogP contribution < -0.4 is 22.1 Å². The lowest BCUT2D eigenvalue weighted by Gasteiger charge is -2.29. The predicted molar refractivity (Wildman–Crippen MR) is 171 cm³/mol. The van der Waals surface area contributed by atoms with Crippen LogP contribution in [0.1, 0.15) is 29.5 Å². The van der Waals surface area contributed by atoms with E-state index in [1.54, 1.807) is 12.1 Å². The molecule has 11 heteroatoms. The van der Waals surface area contributed by atoms with Gasteiger partial charge in [0, 0.05) is 23.0 Å². The van der Waals surface area contributed by atoms with Gasteiger partial charge in [-0.25, -0.2) is 0 Å². The Balaban J connectivity index is 1.48. The smallest absolute Gasteiger partial charge is 0.243 e. The Labute approximate surface area is 264 Å². The maximum atomic E-state index is 13.6. The summed E-state index contributed by atoms with van der Waals surface area (Å²) in [6, 6.07) is 19.5. The highest BCUT2D eigenvalue weighted by Crippen LogP contribution is 2.20. The molecule has 4 amide bonds. The Hall–Kier alpha value is -3.97. The van der Waals surface area contributed by atoms with E-state index in [1.807, 2.05) is 54.6 Å². The van der Waals surface area contributed by atoms with Crippen LogP contribution in [-0.2, 0) is 38.4 Å². The van der Waals surface area contributed by atoms with Gasteiger partial charge in [-0.05, 0) is 82.8 Å².